The summed E-state index contributed by atoms with van der Waals surface area (Å²) in [4.78, 5) is 10.4. The van der Waals surface area contributed by atoms with Gasteiger partial charge in [0.05, 0.1) is 6.61 Å². The van der Waals surface area contributed by atoms with Crippen LogP contribution in [-0.4, -0.2) is 60.5 Å². The van der Waals surface area contributed by atoms with Crippen LogP contribution < -0.4 is 0 Å². The normalized spacial score (nSPS) is 33.9. The van der Waals surface area contributed by atoms with Gasteiger partial charge in [-0.3, -0.25) is 4.55 Å². The Kier molecular flexibility index (Phi) is 3.76. The van der Waals surface area contributed by atoms with Gasteiger partial charge in [-0.25, -0.2) is 4.18 Å². The standard InChI is InChI=1S/C6H10O8S/c7-1-4(14-15(10,11)12)6-5(9)3(8)2-13-6/h1,3-6,8-9H,2H2,(H,10,11,12). The number of aliphatic hydroxyl groups excluding tert-OH is 2. The van der Waals surface area contributed by atoms with Crippen LogP contribution in [0.25, 0.3) is 0 Å². The number of carbonyl (C=O) groups excluding carboxylic acids is 1. The van der Waals surface area contributed by atoms with E-state index in [9.17, 15) is 18.3 Å². The summed E-state index contributed by atoms with van der Waals surface area (Å²) in [7, 11) is -4.82. The van der Waals surface area contributed by atoms with Crippen LogP contribution in [0.5, 0.6) is 0 Å². The van der Waals surface area contributed by atoms with Gasteiger partial charge in [-0.1, -0.05) is 0 Å². The minimum Gasteiger partial charge on any atom is -0.388 e. The summed E-state index contributed by atoms with van der Waals surface area (Å²) in [5, 5.41) is 18.3. The van der Waals surface area contributed by atoms with E-state index in [0.717, 1.165) is 0 Å². The topological polar surface area (TPSA) is 130 Å². The van der Waals surface area contributed by atoms with E-state index in [1.807, 2.05) is 0 Å². The first-order chi connectivity index (χ1) is 6.85. The summed E-state index contributed by atoms with van der Waals surface area (Å²) in [6, 6.07) is 0. The molecule has 1 rings (SSSR count). The molecule has 0 saturated carbocycles. The highest BCUT2D eigenvalue weighted by molar-refractivity contribution is 7.80. The lowest BCUT2D eigenvalue weighted by atomic mass is 10.1. The Bertz CT molecular complexity index is 324. The molecule has 0 aromatic carbocycles. The largest absolute Gasteiger partial charge is 0.398 e. The lowest BCUT2D eigenvalue weighted by Gasteiger charge is -2.19. The van der Waals surface area contributed by atoms with Gasteiger partial charge in [0.15, 0.2) is 12.4 Å². The van der Waals surface area contributed by atoms with E-state index in [-0.39, 0.29) is 12.9 Å². The van der Waals surface area contributed by atoms with Crippen LogP contribution in [0.2, 0.25) is 0 Å². The van der Waals surface area contributed by atoms with Gasteiger partial charge in [0.25, 0.3) is 0 Å². The van der Waals surface area contributed by atoms with Crippen LogP contribution in [0.15, 0.2) is 0 Å². The van der Waals surface area contributed by atoms with E-state index in [1.165, 1.54) is 0 Å². The van der Waals surface area contributed by atoms with E-state index >= 15 is 0 Å². The van der Waals surface area contributed by atoms with Gasteiger partial charge in [0, 0.05) is 0 Å². The van der Waals surface area contributed by atoms with E-state index in [1.54, 1.807) is 0 Å². The number of hydrogen-bond donors (Lipinski definition) is 3. The molecule has 15 heavy (non-hydrogen) atoms. The highest BCUT2D eigenvalue weighted by Crippen LogP contribution is 2.19. The lowest BCUT2D eigenvalue weighted by molar-refractivity contribution is -0.122. The number of carbonyl (C=O) groups is 1. The molecule has 4 atom stereocenters. The molecule has 0 spiro atoms. The third-order valence-corrected chi connectivity index (χ3v) is 2.35. The third kappa shape index (κ3) is 3.19. The summed E-state index contributed by atoms with van der Waals surface area (Å²) in [5.74, 6) is 0. The van der Waals surface area contributed by atoms with Crippen LogP contribution >= 0.6 is 0 Å². The molecule has 1 fully saturated rings. The van der Waals surface area contributed by atoms with Crippen LogP contribution in [0.1, 0.15) is 0 Å². The van der Waals surface area contributed by atoms with Crippen molar-refractivity contribution < 1.29 is 36.9 Å². The highest BCUT2D eigenvalue weighted by Gasteiger charge is 2.42. The fourth-order valence-corrected chi connectivity index (χ4v) is 1.65. The second-order valence-electron chi connectivity index (χ2n) is 2.98. The van der Waals surface area contributed by atoms with E-state index < -0.39 is 34.8 Å². The van der Waals surface area contributed by atoms with Gasteiger partial charge in [0.2, 0.25) is 0 Å². The van der Waals surface area contributed by atoms with Crippen molar-refractivity contribution in [1.82, 2.24) is 0 Å². The molecular weight excluding hydrogens is 232 g/mol. The fourth-order valence-electron chi connectivity index (χ4n) is 1.21. The SMILES string of the molecule is O=CC(OS(=O)(=O)O)C1OCC(O)C1O. The molecule has 0 aromatic rings. The molecule has 4 unspecified atom stereocenters. The summed E-state index contributed by atoms with van der Waals surface area (Å²) in [6.07, 6.45) is -5.62. The first-order valence-electron chi connectivity index (χ1n) is 3.94. The van der Waals surface area contributed by atoms with Crippen molar-refractivity contribution in [3.8, 4) is 0 Å². The molecule has 0 bridgehead atoms. The summed E-state index contributed by atoms with van der Waals surface area (Å²) >= 11 is 0. The fraction of sp³-hybridized carbons (Fsp3) is 0.833. The van der Waals surface area contributed by atoms with Gasteiger partial charge in [-0.2, -0.15) is 8.42 Å². The maximum absolute atomic E-state index is 10.4. The molecule has 8 nitrogen and oxygen atoms in total. The van der Waals surface area contributed by atoms with Gasteiger partial charge in [-0.15, -0.1) is 0 Å². The van der Waals surface area contributed by atoms with Gasteiger partial charge < -0.3 is 19.7 Å². The predicted octanol–water partition coefficient (Wildman–Crippen LogP) is -2.51. The van der Waals surface area contributed by atoms with Crippen molar-refractivity contribution in [2.24, 2.45) is 0 Å². The highest BCUT2D eigenvalue weighted by atomic mass is 32.3. The summed E-state index contributed by atoms with van der Waals surface area (Å²) in [6.45, 7) is -0.245. The summed E-state index contributed by atoms with van der Waals surface area (Å²) < 4.78 is 37.7. The van der Waals surface area contributed by atoms with Crippen LogP contribution in [-0.2, 0) is 24.1 Å². The zero-order valence-electron chi connectivity index (χ0n) is 7.38. The van der Waals surface area contributed by atoms with Crippen molar-refractivity contribution in [1.29, 1.82) is 0 Å². The second kappa shape index (κ2) is 4.51. The molecule has 1 saturated heterocycles. The van der Waals surface area contributed by atoms with E-state index in [0.29, 0.717) is 0 Å². The zero-order valence-corrected chi connectivity index (χ0v) is 8.20. The minimum atomic E-state index is -4.82. The average molecular weight is 242 g/mol. The van der Waals surface area contributed by atoms with Crippen molar-refractivity contribution in [2.45, 2.75) is 24.4 Å². The maximum Gasteiger partial charge on any atom is 0.398 e. The Labute approximate surface area is 85.4 Å². The number of aldehydes is 1. The zero-order chi connectivity index (χ0) is 11.6. The molecule has 0 radical (unpaired) electrons. The van der Waals surface area contributed by atoms with Crippen molar-refractivity contribution in [2.75, 3.05) is 6.61 Å². The number of rotatable bonds is 4. The van der Waals surface area contributed by atoms with Crippen LogP contribution in [0.4, 0.5) is 0 Å². The van der Waals surface area contributed by atoms with Crippen molar-refractivity contribution >= 4 is 16.7 Å². The van der Waals surface area contributed by atoms with E-state index in [4.69, 9.17) is 14.4 Å². The molecule has 3 N–H and O–H groups in total. The molecule has 1 aliphatic heterocycles. The van der Waals surface area contributed by atoms with Gasteiger partial charge >= 0.3 is 10.4 Å². The number of aliphatic hydroxyl groups is 2. The second-order valence-corrected chi connectivity index (χ2v) is 4.03. The Morgan fingerprint density at radius 3 is 2.40 bits per heavy atom. The first kappa shape index (κ1) is 12.5. The van der Waals surface area contributed by atoms with Gasteiger partial charge in [0.1, 0.15) is 18.3 Å². The van der Waals surface area contributed by atoms with Crippen molar-refractivity contribution in [3.05, 3.63) is 0 Å². The molecular formula is C6H10O8S. The van der Waals surface area contributed by atoms with Crippen molar-refractivity contribution in [3.63, 3.8) is 0 Å². The van der Waals surface area contributed by atoms with Crippen LogP contribution in [0.3, 0.4) is 0 Å². The first-order valence-corrected chi connectivity index (χ1v) is 5.30. The molecule has 1 heterocycles. The lowest BCUT2D eigenvalue weighted by Crippen LogP contribution is -2.41. The quantitative estimate of drug-likeness (QED) is 0.364. The molecule has 9 heteroatoms. The van der Waals surface area contributed by atoms with E-state index in [2.05, 4.69) is 4.18 Å². The summed E-state index contributed by atoms with van der Waals surface area (Å²) in [5.41, 5.74) is 0. The Morgan fingerprint density at radius 2 is 2.07 bits per heavy atom. The number of ether oxygens (including phenoxy) is 1. The monoisotopic (exact) mass is 242 g/mol. The Balaban J connectivity index is 2.72. The minimum absolute atomic E-state index is 0.0553. The molecule has 0 amide bonds. The average Bonchev–Trinajstić information content (AvgIpc) is 2.43. The smallest absolute Gasteiger partial charge is 0.388 e. The molecule has 1 aliphatic rings. The Morgan fingerprint density at radius 1 is 1.47 bits per heavy atom. The predicted molar refractivity (Wildman–Crippen MR) is 44.2 cm³/mol. The van der Waals surface area contributed by atoms with Crippen LogP contribution in [0, 0.1) is 0 Å². The number of hydrogen-bond acceptors (Lipinski definition) is 7. The Hall–Kier alpha value is -0.580. The molecule has 88 valence electrons. The molecule has 0 aliphatic carbocycles. The third-order valence-electron chi connectivity index (χ3n) is 1.88. The van der Waals surface area contributed by atoms with Gasteiger partial charge in [-0.05, 0) is 0 Å². The molecule has 0 aromatic heterocycles. The maximum atomic E-state index is 10.4.